The van der Waals surface area contributed by atoms with Gasteiger partial charge in [-0.25, -0.2) is 0 Å². The number of hydrogen-bond acceptors (Lipinski definition) is 2. The molecule has 3 nitrogen and oxygen atoms in total. The predicted molar refractivity (Wildman–Crippen MR) is 90.3 cm³/mol. The van der Waals surface area contributed by atoms with Crippen molar-refractivity contribution in [2.75, 3.05) is 0 Å². The first-order chi connectivity index (χ1) is 10.2. The van der Waals surface area contributed by atoms with Crippen molar-refractivity contribution in [3.63, 3.8) is 0 Å². The van der Waals surface area contributed by atoms with Gasteiger partial charge >= 0.3 is 0 Å². The fraction of sp³-hybridized carbons (Fsp3) is 0.438. The molecule has 2 aromatic rings. The lowest BCUT2D eigenvalue weighted by Gasteiger charge is -2.12. The molecule has 0 aliphatic rings. The number of hydrogen-bond donors (Lipinski definition) is 0. The molecule has 0 aliphatic heterocycles. The molecule has 0 bridgehead atoms. The van der Waals surface area contributed by atoms with Crippen molar-refractivity contribution in [2.24, 2.45) is 0 Å². The summed E-state index contributed by atoms with van der Waals surface area (Å²) in [5, 5.41) is 5.99. The van der Waals surface area contributed by atoms with Crippen LogP contribution >= 0.6 is 27.5 Å². The van der Waals surface area contributed by atoms with E-state index >= 15 is 0 Å². The predicted octanol–water partition coefficient (Wildman–Crippen LogP) is 5.37. The quantitative estimate of drug-likeness (QED) is 0.612. The lowest BCUT2D eigenvalue weighted by molar-refractivity contribution is 0.297. The molecule has 0 aliphatic carbocycles. The summed E-state index contributed by atoms with van der Waals surface area (Å²) in [7, 11) is 0. The molecule has 1 heterocycles. The number of rotatable bonds is 7. The Morgan fingerprint density at radius 2 is 2.05 bits per heavy atom. The minimum absolute atomic E-state index is 0.431. The Hall–Kier alpha value is -1.00. The Balaban J connectivity index is 2.00. The van der Waals surface area contributed by atoms with E-state index in [2.05, 4.69) is 34.9 Å². The van der Waals surface area contributed by atoms with E-state index in [1.807, 2.05) is 35.1 Å². The minimum Gasteiger partial charge on any atom is -0.486 e. The van der Waals surface area contributed by atoms with Crippen LogP contribution in [0, 0.1) is 0 Å². The molecule has 0 amide bonds. The molecule has 1 aromatic heterocycles. The monoisotopic (exact) mass is 370 g/mol. The molecule has 114 valence electrons. The fourth-order valence-electron chi connectivity index (χ4n) is 2.22. The van der Waals surface area contributed by atoms with Crippen LogP contribution in [-0.2, 0) is 11.9 Å². The highest BCUT2D eigenvalue weighted by Crippen LogP contribution is 2.27. The molecule has 0 saturated heterocycles. The Bertz CT molecular complexity index is 581. The maximum Gasteiger partial charge on any atom is 0.138 e. The lowest BCUT2D eigenvalue weighted by Crippen LogP contribution is -2.08. The maximum atomic E-state index is 6.20. The number of halogens is 2. The maximum absolute atomic E-state index is 6.20. The summed E-state index contributed by atoms with van der Waals surface area (Å²) in [5.41, 5.74) is 2.05. The van der Waals surface area contributed by atoms with E-state index in [1.165, 1.54) is 0 Å². The molecular weight excluding hydrogens is 352 g/mol. The Morgan fingerprint density at radius 1 is 1.29 bits per heavy atom. The van der Waals surface area contributed by atoms with Gasteiger partial charge in [0.15, 0.2) is 0 Å². The van der Waals surface area contributed by atoms with Crippen molar-refractivity contribution in [1.29, 1.82) is 0 Å². The highest BCUT2D eigenvalue weighted by atomic mass is 79.9. The van der Waals surface area contributed by atoms with Crippen molar-refractivity contribution in [1.82, 2.24) is 9.78 Å². The average molecular weight is 372 g/mol. The topological polar surface area (TPSA) is 27.1 Å². The molecule has 0 spiro atoms. The van der Waals surface area contributed by atoms with Gasteiger partial charge in [0.25, 0.3) is 0 Å². The van der Waals surface area contributed by atoms with Gasteiger partial charge in [-0.15, -0.1) is 0 Å². The molecule has 0 unspecified atom stereocenters. The lowest BCUT2D eigenvalue weighted by atomic mass is 10.2. The van der Waals surface area contributed by atoms with E-state index in [1.54, 1.807) is 0 Å². The second-order valence-electron chi connectivity index (χ2n) is 4.94. The largest absolute Gasteiger partial charge is 0.486 e. The van der Waals surface area contributed by atoms with Crippen LogP contribution in [0.25, 0.3) is 0 Å². The Labute approximate surface area is 139 Å². The molecule has 0 N–H and O–H groups in total. The van der Waals surface area contributed by atoms with E-state index in [0.29, 0.717) is 23.4 Å². The molecular formula is C16H20BrClN2O. The van der Waals surface area contributed by atoms with Gasteiger partial charge in [0, 0.05) is 11.5 Å². The Kier molecular flexibility index (Phi) is 6.12. The third-order valence-corrected chi connectivity index (χ3v) is 4.45. The van der Waals surface area contributed by atoms with Gasteiger partial charge in [0.2, 0.25) is 0 Å². The summed E-state index contributed by atoms with van der Waals surface area (Å²) in [6.07, 6.45) is 4.18. The molecule has 2 rings (SSSR count). The van der Waals surface area contributed by atoms with Gasteiger partial charge in [-0.2, -0.15) is 5.10 Å². The van der Waals surface area contributed by atoms with Gasteiger partial charge in [-0.05, 0) is 36.6 Å². The van der Waals surface area contributed by atoms with E-state index in [4.69, 9.17) is 16.3 Å². The van der Waals surface area contributed by atoms with E-state index in [-0.39, 0.29) is 0 Å². The molecule has 0 fully saturated rings. The molecule has 0 radical (unpaired) electrons. The van der Waals surface area contributed by atoms with Gasteiger partial charge in [-0.1, -0.05) is 47.4 Å². The van der Waals surface area contributed by atoms with Gasteiger partial charge in [0.1, 0.15) is 12.4 Å². The number of aromatic nitrogens is 2. The normalized spacial score (nSPS) is 11.1. The summed E-state index contributed by atoms with van der Waals surface area (Å²) in [6, 6.07) is 8.27. The third-order valence-electron chi connectivity index (χ3n) is 3.51. The van der Waals surface area contributed by atoms with Crippen molar-refractivity contribution in [3.8, 4) is 5.75 Å². The van der Waals surface area contributed by atoms with E-state index in [0.717, 1.165) is 29.4 Å². The van der Waals surface area contributed by atoms with Crippen LogP contribution in [-0.4, -0.2) is 9.78 Å². The van der Waals surface area contributed by atoms with Crippen molar-refractivity contribution in [2.45, 2.75) is 44.7 Å². The number of ether oxygens (including phenoxy) is 1. The highest BCUT2D eigenvalue weighted by molar-refractivity contribution is 9.08. The number of benzene rings is 1. The van der Waals surface area contributed by atoms with Crippen LogP contribution in [0.5, 0.6) is 5.75 Å². The molecule has 0 saturated carbocycles. The fourth-order valence-corrected chi connectivity index (χ4v) is 2.82. The van der Waals surface area contributed by atoms with Crippen LogP contribution < -0.4 is 4.74 Å². The first-order valence-corrected chi connectivity index (χ1v) is 8.69. The van der Waals surface area contributed by atoms with Crippen LogP contribution in [0.1, 0.15) is 44.0 Å². The molecule has 5 heteroatoms. The van der Waals surface area contributed by atoms with E-state index < -0.39 is 0 Å². The summed E-state index contributed by atoms with van der Waals surface area (Å²) < 4.78 is 7.78. The third kappa shape index (κ3) is 4.24. The summed E-state index contributed by atoms with van der Waals surface area (Å²) in [4.78, 5) is 0. The average Bonchev–Trinajstić information content (AvgIpc) is 2.96. The zero-order valence-electron chi connectivity index (χ0n) is 12.4. The number of alkyl halides is 1. The minimum atomic E-state index is 0.431. The summed E-state index contributed by atoms with van der Waals surface area (Å²) in [6.45, 7) is 4.79. The van der Waals surface area contributed by atoms with Crippen LogP contribution in [0.4, 0.5) is 0 Å². The second kappa shape index (κ2) is 7.85. The first-order valence-electron chi connectivity index (χ1n) is 7.19. The van der Waals surface area contributed by atoms with Crippen LogP contribution in [0.2, 0.25) is 5.02 Å². The SMILES string of the molecule is CCC(CC)n1ccc(COc2ccc(CBr)cc2Cl)n1. The molecule has 1 aromatic carbocycles. The summed E-state index contributed by atoms with van der Waals surface area (Å²) >= 11 is 9.61. The zero-order chi connectivity index (χ0) is 15.2. The smallest absolute Gasteiger partial charge is 0.138 e. The van der Waals surface area contributed by atoms with Gasteiger partial charge in [0.05, 0.1) is 16.8 Å². The van der Waals surface area contributed by atoms with E-state index in [9.17, 15) is 0 Å². The molecule has 0 atom stereocenters. The van der Waals surface area contributed by atoms with Crippen LogP contribution in [0.15, 0.2) is 30.5 Å². The van der Waals surface area contributed by atoms with Gasteiger partial charge < -0.3 is 4.74 Å². The van der Waals surface area contributed by atoms with Crippen LogP contribution in [0.3, 0.4) is 0 Å². The second-order valence-corrected chi connectivity index (χ2v) is 5.91. The van der Waals surface area contributed by atoms with Gasteiger partial charge in [-0.3, -0.25) is 4.68 Å². The van der Waals surface area contributed by atoms with Crippen molar-refractivity contribution in [3.05, 3.63) is 46.7 Å². The first kappa shape index (κ1) is 16.4. The van der Waals surface area contributed by atoms with Crippen molar-refractivity contribution >= 4 is 27.5 Å². The Morgan fingerprint density at radius 3 is 2.67 bits per heavy atom. The standard InChI is InChI=1S/C16H20BrClN2O/c1-3-14(4-2)20-8-7-13(19-20)11-21-16-6-5-12(10-17)9-15(16)18/h5-9,14H,3-4,10-11H2,1-2H3. The highest BCUT2D eigenvalue weighted by Gasteiger charge is 2.09. The number of nitrogens with zero attached hydrogens (tertiary/aromatic N) is 2. The zero-order valence-corrected chi connectivity index (χ0v) is 14.7. The molecule has 21 heavy (non-hydrogen) atoms. The van der Waals surface area contributed by atoms with Crippen molar-refractivity contribution < 1.29 is 4.74 Å². The summed E-state index contributed by atoms with van der Waals surface area (Å²) in [5.74, 6) is 0.693.